The van der Waals surface area contributed by atoms with Gasteiger partial charge in [0.2, 0.25) is 0 Å². The van der Waals surface area contributed by atoms with E-state index in [1.807, 2.05) is 0 Å². The van der Waals surface area contributed by atoms with Gasteiger partial charge in [0, 0.05) is 24.8 Å². The average molecular weight is 282 g/mol. The van der Waals surface area contributed by atoms with Crippen LogP contribution in [0.15, 0.2) is 16.7 Å². The quantitative estimate of drug-likeness (QED) is 0.901. The van der Waals surface area contributed by atoms with Crippen LogP contribution in [0, 0.1) is 0 Å². The maximum absolute atomic E-state index is 10.8. The number of hydrogen-bond donors (Lipinski definition) is 1. The van der Waals surface area contributed by atoms with Crippen LogP contribution in [0.5, 0.6) is 0 Å². The highest BCUT2D eigenvalue weighted by atomic mass is 79.9. The molecule has 0 fully saturated rings. The summed E-state index contributed by atoms with van der Waals surface area (Å²) in [6.45, 7) is 0. The summed E-state index contributed by atoms with van der Waals surface area (Å²) in [5.41, 5.74) is 0.194. The molecule has 1 rings (SSSR count). The van der Waals surface area contributed by atoms with Crippen LogP contribution < -0.4 is 4.90 Å². The lowest BCUT2D eigenvalue weighted by Crippen LogP contribution is -2.15. The second-order valence-electron chi connectivity index (χ2n) is 2.72. The van der Waals surface area contributed by atoms with Crippen LogP contribution >= 0.6 is 28.3 Å². The molecule has 1 aromatic rings. The third-order valence-corrected chi connectivity index (χ3v) is 1.92. The Hall–Kier alpha value is -0.810. The van der Waals surface area contributed by atoms with E-state index >= 15 is 0 Å². The second kappa shape index (κ2) is 5.17. The summed E-state index contributed by atoms with van der Waals surface area (Å²) in [5.74, 6) is -0.520. The number of aromatic nitrogens is 1. The number of halogens is 2. The van der Waals surface area contributed by atoms with E-state index in [9.17, 15) is 4.79 Å². The molecule has 0 aromatic carbocycles. The van der Waals surface area contributed by atoms with Crippen molar-refractivity contribution in [3.8, 4) is 0 Å². The van der Waals surface area contributed by atoms with Crippen LogP contribution in [0.1, 0.15) is 10.4 Å². The third kappa shape index (κ3) is 2.85. The van der Waals surface area contributed by atoms with Gasteiger partial charge in [0.25, 0.3) is 0 Å². The lowest BCUT2D eigenvalue weighted by molar-refractivity contribution is 0.0697. The van der Waals surface area contributed by atoms with E-state index in [2.05, 4.69) is 20.9 Å². The van der Waals surface area contributed by atoms with Crippen molar-refractivity contribution in [3.63, 3.8) is 0 Å². The molecule has 1 N–H and O–H groups in total. The van der Waals surface area contributed by atoms with Crippen molar-refractivity contribution >= 4 is 40.1 Å². The monoisotopic (exact) mass is 280 g/mol. The van der Waals surface area contributed by atoms with E-state index in [-0.39, 0.29) is 18.0 Å². The number of carbonyl (C=O) groups is 1. The third-order valence-electron chi connectivity index (χ3n) is 1.49. The van der Waals surface area contributed by atoms with Gasteiger partial charge in [0.05, 0.1) is 0 Å². The first-order valence-corrected chi connectivity index (χ1v) is 4.38. The molecule has 0 radical (unpaired) electrons. The Kier molecular flexibility index (Phi) is 4.87. The van der Waals surface area contributed by atoms with E-state index in [1.54, 1.807) is 25.2 Å². The summed E-state index contributed by atoms with van der Waals surface area (Å²) in [6.07, 6.45) is 1.57. The molecule has 0 bridgehead atoms. The average Bonchev–Trinajstić information content (AvgIpc) is 2.03. The van der Waals surface area contributed by atoms with E-state index in [0.29, 0.717) is 10.3 Å². The predicted octanol–water partition coefficient (Wildman–Crippen LogP) is 2.03. The zero-order valence-electron chi connectivity index (χ0n) is 7.69. The molecule has 0 aliphatic rings. The minimum Gasteiger partial charge on any atom is -0.478 e. The largest absolute Gasteiger partial charge is 0.478 e. The maximum Gasteiger partial charge on any atom is 0.339 e. The second-order valence-corrected chi connectivity index (χ2v) is 3.64. The van der Waals surface area contributed by atoms with Crippen molar-refractivity contribution in [2.75, 3.05) is 19.0 Å². The van der Waals surface area contributed by atoms with Gasteiger partial charge in [0.1, 0.15) is 11.4 Å². The Labute approximate surface area is 96.5 Å². The van der Waals surface area contributed by atoms with E-state index in [1.165, 1.54) is 6.07 Å². The Balaban J connectivity index is 0.00000169. The Morgan fingerprint density at radius 1 is 1.57 bits per heavy atom. The molecule has 78 valence electrons. The molecule has 0 unspecified atom stereocenters. The number of hydrogen-bond acceptors (Lipinski definition) is 3. The highest BCUT2D eigenvalue weighted by Crippen LogP contribution is 2.19. The Morgan fingerprint density at radius 2 is 2.14 bits per heavy atom. The fourth-order valence-corrected chi connectivity index (χ4v) is 1.28. The first kappa shape index (κ1) is 13.2. The van der Waals surface area contributed by atoms with Gasteiger partial charge >= 0.3 is 5.97 Å². The Morgan fingerprint density at radius 3 is 2.57 bits per heavy atom. The molecule has 6 heteroatoms. The van der Waals surface area contributed by atoms with Gasteiger partial charge in [-0.15, -0.1) is 12.4 Å². The minimum atomic E-state index is -0.975. The fourth-order valence-electron chi connectivity index (χ4n) is 0.946. The number of carboxylic acid groups (broad SMARTS) is 1. The molecule has 0 spiro atoms. The molecule has 0 aliphatic heterocycles. The molecule has 0 atom stereocenters. The summed E-state index contributed by atoms with van der Waals surface area (Å²) < 4.78 is 0.663. The van der Waals surface area contributed by atoms with Crippen LogP contribution in [0.2, 0.25) is 0 Å². The highest BCUT2D eigenvalue weighted by molar-refractivity contribution is 9.10. The molecule has 4 nitrogen and oxygen atoms in total. The standard InChI is InChI=1S/C8H9BrN2O2.ClH/c1-11(2)7-6(8(12)13)3-5(9)4-10-7;/h3-4H,1-2H3,(H,12,13);1H. The van der Waals surface area contributed by atoms with Crippen molar-refractivity contribution in [2.24, 2.45) is 0 Å². The number of carboxylic acids is 1. The summed E-state index contributed by atoms with van der Waals surface area (Å²) in [4.78, 5) is 16.5. The summed E-state index contributed by atoms with van der Waals surface area (Å²) in [7, 11) is 3.51. The molecule has 0 saturated heterocycles. The lowest BCUT2D eigenvalue weighted by Gasteiger charge is -2.13. The molecule has 1 heterocycles. The minimum absolute atomic E-state index is 0. The van der Waals surface area contributed by atoms with Gasteiger partial charge in [-0.3, -0.25) is 0 Å². The van der Waals surface area contributed by atoms with Crippen molar-refractivity contribution in [1.82, 2.24) is 4.98 Å². The first-order chi connectivity index (χ1) is 6.02. The first-order valence-electron chi connectivity index (χ1n) is 3.58. The van der Waals surface area contributed by atoms with Crippen molar-refractivity contribution in [3.05, 3.63) is 22.3 Å². The molecule has 0 aliphatic carbocycles. The van der Waals surface area contributed by atoms with Crippen LogP contribution in [0.3, 0.4) is 0 Å². The van der Waals surface area contributed by atoms with Gasteiger partial charge in [-0.2, -0.15) is 0 Å². The normalized spacial score (nSPS) is 9.07. The van der Waals surface area contributed by atoms with Gasteiger partial charge < -0.3 is 10.0 Å². The topological polar surface area (TPSA) is 53.4 Å². The molecular formula is C8H10BrClN2O2. The highest BCUT2D eigenvalue weighted by Gasteiger charge is 2.12. The number of anilines is 1. The van der Waals surface area contributed by atoms with E-state index in [0.717, 1.165) is 0 Å². The summed E-state index contributed by atoms with van der Waals surface area (Å²) in [5, 5.41) is 8.85. The molecular weight excluding hydrogens is 271 g/mol. The maximum atomic E-state index is 10.8. The van der Waals surface area contributed by atoms with E-state index in [4.69, 9.17) is 5.11 Å². The van der Waals surface area contributed by atoms with Crippen molar-refractivity contribution < 1.29 is 9.90 Å². The number of aromatic carboxylic acids is 1. The van der Waals surface area contributed by atoms with Crippen molar-refractivity contribution in [1.29, 1.82) is 0 Å². The zero-order chi connectivity index (χ0) is 10.0. The number of pyridine rings is 1. The summed E-state index contributed by atoms with van der Waals surface area (Å²) in [6, 6.07) is 1.53. The molecule has 14 heavy (non-hydrogen) atoms. The lowest BCUT2D eigenvalue weighted by atomic mass is 10.2. The van der Waals surface area contributed by atoms with Gasteiger partial charge in [-0.1, -0.05) is 0 Å². The molecule has 0 amide bonds. The van der Waals surface area contributed by atoms with Crippen molar-refractivity contribution in [2.45, 2.75) is 0 Å². The van der Waals surface area contributed by atoms with Gasteiger partial charge in [-0.25, -0.2) is 9.78 Å². The SMILES string of the molecule is CN(C)c1ncc(Br)cc1C(=O)O.Cl. The zero-order valence-corrected chi connectivity index (χ0v) is 10.1. The number of rotatable bonds is 2. The molecule has 1 aromatic heterocycles. The van der Waals surface area contributed by atoms with Crippen LogP contribution in [0.4, 0.5) is 5.82 Å². The number of nitrogens with zero attached hydrogens (tertiary/aromatic N) is 2. The Bertz CT molecular complexity index is 344. The van der Waals surface area contributed by atoms with Crippen LogP contribution in [-0.4, -0.2) is 30.2 Å². The van der Waals surface area contributed by atoms with E-state index < -0.39 is 5.97 Å². The predicted molar refractivity (Wildman–Crippen MR) is 60.5 cm³/mol. The van der Waals surface area contributed by atoms with Crippen LogP contribution in [-0.2, 0) is 0 Å². The smallest absolute Gasteiger partial charge is 0.339 e. The van der Waals surface area contributed by atoms with Gasteiger partial charge in [0.15, 0.2) is 0 Å². The fraction of sp³-hybridized carbons (Fsp3) is 0.250. The summed E-state index contributed by atoms with van der Waals surface area (Å²) >= 11 is 3.17. The molecule has 0 saturated carbocycles. The van der Waals surface area contributed by atoms with Crippen LogP contribution in [0.25, 0.3) is 0 Å². The van der Waals surface area contributed by atoms with Gasteiger partial charge in [-0.05, 0) is 22.0 Å².